The third-order valence-electron chi connectivity index (χ3n) is 4.53. The minimum Gasteiger partial charge on any atom is -0.289 e. The average molecular weight is 387 g/mol. The molecule has 4 rings (SSSR count). The molecule has 26 heavy (non-hydrogen) atoms. The van der Waals surface area contributed by atoms with Gasteiger partial charge in [-0.2, -0.15) is 5.10 Å². The highest BCUT2D eigenvalue weighted by Gasteiger charge is 2.20. The third-order valence-corrected chi connectivity index (χ3v) is 6.68. The van der Waals surface area contributed by atoms with E-state index in [1.807, 2.05) is 18.4 Å². The van der Waals surface area contributed by atoms with Gasteiger partial charge in [0.25, 0.3) is 11.5 Å². The van der Waals surface area contributed by atoms with Crippen LogP contribution in [0.3, 0.4) is 0 Å². The fraction of sp³-hybridized carbons (Fsp3) is 0.333. The molecule has 3 aromatic heterocycles. The number of carbonyl (C=O) groups excluding carboxylic acids is 1. The number of aromatic nitrogens is 2. The number of amides is 1. The van der Waals surface area contributed by atoms with E-state index in [1.54, 1.807) is 28.9 Å². The van der Waals surface area contributed by atoms with Crippen LogP contribution in [0.2, 0.25) is 0 Å². The van der Waals surface area contributed by atoms with Crippen LogP contribution in [0.15, 0.2) is 27.7 Å². The molecule has 1 amide bonds. The summed E-state index contributed by atoms with van der Waals surface area (Å²) >= 11 is 3.17. The number of thiophene rings is 2. The van der Waals surface area contributed by atoms with Crippen molar-refractivity contribution in [1.82, 2.24) is 15.0 Å². The summed E-state index contributed by atoms with van der Waals surface area (Å²) in [6, 6.07) is 2.00. The molecule has 0 fully saturated rings. The van der Waals surface area contributed by atoms with Gasteiger partial charge in [0.2, 0.25) is 0 Å². The molecular formula is C18H18N4O2S2. The second-order valence-electron chi connectivity index (χ2n) is 6.33. The Labute approximate surface area is 158 Å². The molecule has 1 aliphatic rings. The van der Waals surface area contributed by atoms with E-state index in [1.165, 1.54) is 15.8 Å². The maximum atomic E-state index is 12.8. The Morgan fingerprint density at radius 3 is 3.08 bits per heavy atom. The highest BCUT2D eigenvalue weighted by Crippen LogP contribution is 2.33. The number of nitrogens with one attached hydrogen (secondary N) is 1. The van der Waals surface area contributed by atoms with Gasteiger partial charge in [-0.25, -0.2) is 10.4 Å². The van der Waals surface area contributed by atoms with Crippen LogP contribution in [0.25, 0.3) is 10.2 Å². The largest absolute Gasteiger partial charge is 0.289 e. The van der Waals surface area contributed by atoms with Crippen LogP contribution in [-0.4, -0.2) is 21.7 Å². The lowest BCUT2D eigenvalue weighted by Crippen LogP contribution is -2.30. The summed E-state index contributed by atoms with van der Waals surface area (Å²) in [5, 5.41) is 6.64. The van der Waals surface area contributed by atoms with Crippen molar-refractivity contribution in [2.75, 3.05) is 0 Å². The number of aryl methyl sites for hydroxylation is 3. The van der Waals surface area contributed by atoms with E-state index >= 15 is 0 Å². The Balaban J connectivity index is 1.53. The molecular weight excluding hydrogens is 368 g/mol. The first-order valence-electron chi connectivity index (χ1n) is 8.49. The highest BCUT2D eigenvalue weighted by atomic mass is 32.1. The van der Waals surface area contributed by atoms with Gasteiger partial charge >= 0.3 is 0 Å². The van der Waals surface area contributed by atoms with Gasteiger partial charge in [-0.1, -0.05) is 0 Å². The summed E-state index contributed by atoms with van der Waals surface area (Å²) in [6.07, 6.45) is 7.29. The van der Waals surface area contributed by atoms with Crippen molar-refractivity contribution >= 4 is 45.0 Å². The lowest BCUT2D eigenvalue weighted by Gasteiger charge is -2.10. The second-order valence-corrected chi connectivity index (χ2v) is 8.36. The summed E-state index contributed by atoms with van der Waals surface area (Å²) in [6.45, 7) is 1.90. The smallest absolute Gasteiger partial charge is 0.262 e. The Bertz CT molecular complexity index is 1060. The van der Waals surface area contributed by atoms with Gasteiger partial charge in [0.15, 0.2) is 0 Å². The maximum Gasteiger partial charge on any atom is 0.262 e. The third kappa shape index (κ3) is 3.22. The fourth-order valence-electron chi connectivity index (χ4n) is 3.16. The lowest BCUT2D eigenvalue weighted by atomic mass is 9.97. The van der Waals surface area contributed by atoms with Gasteiger partial charge in [0.05, 0.1) is 17.9 Å². The van der Waals surface area contributed by atoms with Gasteiger partial charge in [0.1, 0.15) is 11.4 Å². The first-order chi connectivity index (χ1) is 12.6. The van der Waals surface area contributed by atoms with Gasteiger partial charge in [-0.15, -0.1) is 22.7 Å². The number of rotatable bonds is 4. The van der Waals surface area contributed by atoms with E-state index in [0.29, 0.717) is 5.39 Å². The molecule has 0 aliphatic heterocycles. The topological polar surface area (TPSA) is 76.3 Å². The SMILES string of the molecule is Cc1ccsc1C=NNC(=O)Cn1cnc2sc3c(c2c1=O)CCCC3. The lowest BCUT2D eigenvalue weighted by molar-refractivity contribution is -0.121. The van der Waals surface area contributed by atoms with Crippen molar-refractivity contribution < 1.29 is 4.79 Å². The molecule has 0 spiro atoms. The van der Waals surface area contributed by atoms with Crippen LogP contribution in [0.5, 0.6) is 0 Å². The van der Waals surface area contributed by atoms with Gasteiger partial charge in [-0.3, -0.25) is 14.2 Å². The Morgan fingerprint density at radius 1 is 1.42 bits per heavy atom. The molecule has 134 valence electrons. The summed E-state index contributed by atoms with van der Waals surface area (Å²) < 4.78 is 1.37. The molecule has 0 atom stereocenters. The number of nitrogens with zero attached hydrogens (tertiary/aromatic N) is 3. The van der Waals surface area contributed by atoms with E-state index in [4.69, 9.17) is 0 Å². The fourth-order valence-corrected chi connectivity index (χ4v) is 5.17. The van der Waals surface area contributed by atoms with E-state index in [2.05, 4.69) is 15.5 Å². The normalized spacial score (nSPS) is 14.0. The average Bonchev–Trinajstić information content (AvgIpc) is 3.21. The molecule has 0 saturated carbocycles. The van der Waals surface area contributed by atoms with E-state index in [0.717, 1.165) is 46.5 Å². The summed E-state index contributed by atoms with van der Waals surface area (Å²) in [5.74, 6) is -0.345. The Hall–Kier alpha value is -2.32. The zero-order valence-corrected chi connectivity index (χ0v) is 16.0. The van der Waals surface area contributed by atoms with Crippen molar-refractivity contribution in [3.8, 4) is 0 Å². The minimum atomic E-state index is -0.345. The van der Waals surface area contributed by atoms with Crippen molar-refractivity contribution in [1.29, 1.82) is 0 Å². The van der Waals surface area contributed by atoms with Gasteiger partial charge in [-0.05, 0) is 55.2 Å². The molecule has 3 aromatic rings. The van der Waals surface area contributed by atoms with Crippen LogP contribution in [0.4, 0.5) is 0 Å². The van der Waals surface area contributed by atoms with Crippen LogP contribution in [-0.2, 0) is 24.2 Å². The molecule has 6 nitrogen and oxygen atoms in total. The van der Waals surface area contributed by atoms with Crippen LogP contribution >= 0.6 is 22.7 Å². The van der Waals surface area contributed by atoms with Gasteiger partial charge in [0, 0.05) is 9.75 Å². The van der Waals surface area contributed by atoms with Crippen LogP contribution < -0.4 is 11.0 Å². The summed E-state index contributed by atoms with van der Waals surface area (Å²) in [4.78, 5) is 32.4. The Kier molecular flexibility index (Phi) is 4.69. The van der Waals surface area contributed by atoms with Crippen molar-refractivity contribution in [2.24, 2.45) is 5.10 Å². The van der Waals surface area contributed by atoms with Gasteiger partial charge < -0.3 is 0 Å². The predicted octanol–water partition coefficient (Wildman–Crippen LogP) is 2.86. The molecule has 0 radical (unpaired) electrons. The summed E-state index contributed by atoms with van der Waals surface area (Å²) in [7, 11) is 0. The van der Waals surface area contributed by atoms with Crippen LogP contribution in [0, 0.1) is 6.92 Å². The summed E-state index contributed by atoms with van der Waals surface area (Å²) in [5.41, 5.74) is 4.59. The van der Waals surface area contributed by atoms with E-state index in [-0.39, 0.29) is 18.0 Å². The zero-order chi connectivity index (χ0) is 18.1. The van der Waals surface area contributed by atoms with E-state index in [9.17, 15) is 9.59 Å². The predicted molar refractivity (Wildman–Crippen MR) is 105 cm³/mol. The molecule has 0 unspecified atom stereocenters. The minimum absolute atomic E-state index is 0.0901. The number of carbonyl (C=O) groups is 1. The first kappa shape index (κ1) is 17.1. The van der Waals surface area contributed by atoms with Crippen molar-refractivity contribution in [3.05, 3.63) is 49.0 Å². The molecule has 1 N–H and O–H groups in total. The standard InChI is InChI=1S/C18H18N4O2S2/c1-11-6-7-25-14(11)8-20-21-15(23)9-22-10-19-17-16(18(22)24)12-4-2-3-5-13(12)26-17/h6-8,10H,2-5,9H2,1H3,(H,21,23). The van der Waals surface area contributed by atoms with E-state index < -0.39 is 0 Å². The Morgan fingerprint density at radius 2 is 2.27 bits per heavy atom. The number of hydrazone groups is 1. The monoisotopic (exact) mass is 386 g/mol. The molecule has 0 aromatic carbocycles. The van der Waals surface area contributed by atoms with Crippen molar-refractivity contribution in [3.63, 3.8) is 0 Å². The molecule has 3 heterocycles. The number of hydrogen-bond donors (Lipinski definition) is 1. The van der Waals surface area contributed by atoms with Crippen molar-refractivity contribution in [2.45, 2.75) is 39.2 Å². The first-order valence-corrected chi connectivity index (χ1v) is 10.2. The number of hydrogen-bond acceptors (Lipinski definition) is 6. The molecule has 0 bridgehead atoms. The quantitative estimate of drug-likeness (QED) is 0.553. The van der Waals surface area contributed by atoms with Crippen LogP contribution in [0.1, 0.15) is 33.7 Å². The second kappa shape index (κ2) is 7.13. The zero-order valence-electron chi connectivity index (χ0n) is 14.3. The molecule has 8 heteroatoms. The number of fused-ring (bicyclic) bond motifs is 3. The highest BCUT2D eigenvalue weighted by molar-refractivity contribution is 7.18. The molecule has 1 aliphatic carbocycles. The molecule has 0 saturated heterocycles. The maximum absolute atomic E-state index is 12.8.